The fourth-order valence-corrected chi connectivity index (χ4v) is 15.3. The Balaban J connectivity index is 2.99. The van der Waals surface area contributed by atoms with Crippen molar-refractivity contribution in [3.8, 4) is 0 Å². The molecule has 0 saturated heterocycles. The van der Waals surface area contributed by atoms with Gasteiger partial charge in [-0.3, -0.25) is 71.9 Å². The second kappa shape index (κ2) is 36.9. The van der Waals surface area contributed by atoms with Crippen molar-refractivity contribution in [1.29, 1.82) is 0 Å². The van der Waals surface area contributed by atoms with Crippen LogP contribution in [0.3, 0.4) is 0 Å². The molecule has 466 valence electrons. The molecule has 2 aromatic carbocycles. The maximum atomic E-state index is 14.7. The molecule has 30 nitrogen and oxygen atoms in total. The summed E-state index contributed by atoms with van der Waals surface area (Å²) in [5.74, 6) is -14.2. The maximum Gasteiger partial charge on any atom is 0.303 e. The van der Waals surface area contributed by atoms with E-state index in [4.69, 9.17) is 42.6 Å². The van der Waals surface area contributed by atoms with Crippen LogP contribution in [0.25, 0.3) is 0 Å². The third-order valence-corrected chi connectivity index (χ3v) is 16.5. The molecule has 36 heteroatoms. The van der Waals surface area contributed by atoms with E-state index in [-0.39, 0.29) is 55.0 Å². The summed E-state index contributed by atoms with van der Waals surface area (Å²) in [6.45, 7) is 5.48. The molecule has 0 aromatic heterocycles. The number of hydrogen-bond donors (Lipinski definition) is 6. The van der Waals surface area contributed by atoms with E-state index >= 15 is 0 Å². The van der Waals surface area contributed by atoms with E-state index < -0.39 is 172 Å². The first-order valence-electron chi connectivity index (χ1n) is 24.1. The second-order valence-electron chi connectivity index (χ2n) is 17.1. The number of esters is 9. The fourth-order valence-electron chi connectivity index (χ4n) is 6.51. The normalized spacial score (nSPS) is 11.7. The van der Waals surface area contributed by atoms with Crippen LogP contribution in [0.15, 0.2) is 0 Å². The van der Waals surface area contributed by atoms with Gasteiger partial charge in [-0.2, -0.15) is 0 Å². The quantitative estimate of drug-likeness (QED) is 0.0295. The lowest BCUT2D eigenvalue weighted by atomic mass is 10.1. The van der Waals surface area contributed by atoms with Crippen LogP contribution in [0.2, 0.25) is 0 Å². The summed E-state index contributed by atoms with van der Waals surface area (Å²) in [4.78, 5) is 194. The van der Waals surface area contributed by atoms with Gasteiger partial charge < -0.3 is 74.5 Å². The summed E-state index contributed by atoms with van der Waals surface area (Å²) in [6.07, 6.45) is -4.96. The van der Waals surface area contributed by atoms with Gasteiger partial charge in [0, 0.05) is 69.5 Å². The molecule has 2 rings (SSSR count). The summed E-state index contributed by atoms with van der Waals surface area (Å²) in [6, 6.07) is -2.41. The van der Waals surface area contributed by atoms with Gasteiger partial charge in [0.15, 0.2) is 12.2 Å². The molecule has 0 heterocycles. The van der Waals surface area contributed by atoms with Crippen molar-refractivity contribution in [3.63, 3.8) is 0 Å². The Bertz CT molecular complexity index is 2770. The minimum Gasteiger partial charge on any atom is -0.464 e. The van der Waals surface area contributed by atoms with E-state index in [2.05, 4.69) is 31.9 Å². The van der Waals surface area contributed by atoms with E-state index in [1.165, 1.54) is 0 Å². The standard InChI is InChI=1S/C49H54I6N6O24/c1-18(62)77-12-27(13-78-19(2)63)58-46(73)33-35(50)31(44(71)56-10-29(83-24(7)68)16-81-22(5)66)37(52)41(39(33)54)60-48(75)43(85-26(9)70)49(76)61-42-38(53)32(45(72)57-11-30(84-25(8)69)17-82-23(6)67)36(51)34(40(42)55)47(74)59-28(14-79-20(3)64)15-80-21(4)65/h27-30,43H,10-17H2,1-9H3,(H,56,71)(H,57,72)(H,58,73)(H,59,74)(H,60,75)(H,61,76). The smallest absolute Gasteiger partial charge is 0.303 e. The van der Waals surface area contributed by atoms with Crippen molar-refractivity contribution in [1.82, 2.24) is 21.3 Å². The van der Waals surface area contributed by atoms with E-state index in [0.717, 1.165) is 62.3 Å². The molecule has 2 aromatic rings. The van der Waals surface area contributed by atoms with Crippen LogP contribution in [0, 0.1) is 21.4 Å². The molecular weight excluding hydrogens is 1820 g/mol. The van der Waals surface area contributed by atoms with E-state index in [1.807, 2.05) is 0 Å². The van der Waals surface area contributed by atoms with Crippen LogP contribution in [0.1, 0.15) is 104 Å². The van der Waals surface area contributed by atoms with E-state index in [1.54, 1.807) is 136 Å². The lowest BCUT2D eigenvalue weighted by Crippen LogP contribution is -2.44. The molecule has 85 heavy (non-hydrogen) atoms. The molecule has 0 fully saturated rings. The zero-order chi connectivity index (χ0) is 64.7. The van der Waals surface area contributed by atoms with Crippen molar-refractivity contribution in [2.75, 3.05) is 63.4 Å². The van der Waals surface area contributed by atoms with Crippen molar-refractivity contribution < 1.29 is 115 Å². The Kier molecular flexibility index (Phi) is 33.0. The Labute approximate surface area is 565 Å². The average molecular weight is 1870 g/mol. The highest BCUT2D eigenvalue weighted by atomic mass is 127. The van der Waals surface area contributed by atoms with Gasteiger partial charge in [-0.1, -0.05) is 0 Å². The zero-order valence-electron chi connectivity index (χ0n) is 46.1. The topological polar surface area (TPSA) is 411 Å². The largest absolute Gasteiger partial charge is 0.464 e. The predicted octanol–water partition coefficient (Wildman–Crippen LogP) is 2.72. The van der Waals surface area contributed by atoms with Gasteiger partial charge in [-0.15, -0.1) is 0 Å². The molecule has 2 atom stereocenters. The number of hydrogen-bond acceptors (Lipinski definition) is 24. The molecule has 0 aliphatic carbocycles. The minimum absolute atomic E-state index is 0.0886. The van der Waals surface area contributed by atoms with Gasteiger partial charge in [-0.25, -0.2) is 0 Å². The average Bonchev–Trinajstić information content (AvgIpc) is 1.98. The number of anilines is 2. The molecule has 0 aliphatic heterocycles. The number of ether oxygens (including phenoxy) is 9. The summed E-state index contributed by atoms with van der Waals surface area (Å²) in [5, 5.41) is 15.1. The van der Waals surface area contributed by atoms with Gasteiger partial charge in [0.05, 0.1) is 73.1 Å². The summed E-state index contributed by atoms with van der Waals surface area (Å²) >= 11 is 9.89. The van der Waals surface area contributed by atoms with Gasteiger partial charge in [0.2, 0.25) is 0 Å². The minimum atomic E-state index is -2.50. The first kappa shape index (κ1) is 76.0. The number of amides is 6. The molecule has 6 amide bonds. The molecule has 0 radical (unpaired) electrons. The van der Waals surface area contributed by atoms with Crippen molar-refractivity contribution in [2.24, 2.45) is 0 Å². The number of carbonyl (C=O) groups excluding carboxylic acids is 15. The SMILES string of the molecule is CC(=O)OCC(COC(C)=O)NC(=O)c1c(I)c(NC(=O)C(OC(C)=O)C(=O)Nc2c(I)c(C(=O)NCC(COC(C)=O)OC(C)=O)c(I)c(C(=O)NC(COC(C)=O)COC(C)=O)c2I)c(I)c(C(=O)NCC(COC(C)=O)OC(C)=O)c1I. The molecule has 2 unspecified atom stereocenters. The third kappa shape index (κ3) is 25.6. The first-order valence-corrected chi connectivity index (χ1v) is 30.6. The number of halogens is 6. The molecule has 0 saturated carbocycles. The third-order valence-electron chi connectivity index (χ3n) is 10.0. The van der Waals surface area contributed by atoms with Crippen LogP contribution in [0.4, 0.5) is 11.4 Å². The number of carbonyl (C=O) groups is 15. The Hall–Kier alpha value is -5.13. The van der Waals surface area contributed by atoms with E-state index in [0.29, 0.717) is 0 Å². The predicted molar refractivity (Wildman–Crippen MR) is 340 cm³/mol. The van der Waals surface area contributed by atoms with Crippen LogP contribution < -0.4 is 31.9 Å². The maximum absolute atomic E-state index is 14.7. The Morgan fingerprint density at radius 2 is 0.576 bits per heavy atom. The molecule has 0 spiro atoms. The monoisotopic (exact) mass is 1870 g/mol. The number of benzene rings is 2. The fraction of sp³-hybridized carbons (Fsp3) is 0.449. The van der Waals surface area contributed by atoms with Crippen LogP contribution in [-0.2, 0) is 95.4 Å². The summed E-state index contributed by atoms with van der Waals surface area (Å²) in [7, 11) is 0. The zero-order valence-corrected chi connectivity index (χ0v) is 59.1. The highest BCUT2D eigenvalue weighted by Gasteiger charge is 2.37. The van der Waals surface area contributed by atoms with Crippen LogP contribution >= 0.6 is 136 Å². The van der Waals surface area contributed by atoms with Crippen molar-refractivity contribution in [3.05, 3.63) is 43.7 Å². The van der Waals surface area contributed by atoms with Crippen LogP contribution in [0.5, 0.6) is 0 Å². The highest BCUT2D eigenvalue weighted by Crippen LogP contribution is 2.38. The van der Waals surface area contributed by atoms with Gasteiger partial charge >= 0.3 is 53.7 Å². The lowest BCUT2D eigenvalue weighted by Gasteiger charge is -2.24. The van der Waals surface area contributed by atoms with Crippen molar-refractivity contribution >= 4 is 236 Å². The molecule has 0 aliphatic rings. The summed E-state index contributed by atoms with van der Waals surface area (Å²) < 4.78 is 45.2. The first-order chi connectivity index (χ1) is 39.6. The van der Waals surface area contributed by atoms with Crippen molar-refractivity contribution in [2.45, 2.75) is 92.7 Å². The summed E-state index contributed by atoms with van der Waals surface area (Å²) in [5.41, 5.74) is -2.03. The Morgan fingerprint density at radius 1 is 0.329 bits per heavy atom. The highest BCUT2D eigenvalue weighted by molar-refractivity contribution is 14.1. The van der Waals surface area contributed by atoms with Gasteiger partial charge in [0.25, 0.3) is 41.5 Å². The van der Waals surface area contributed by atoms with Gasteiger partial charge in [-0.05, 0) is 136 Å². The molecule has 6 N–H and O–H groups in total. The van der Waals surface area contributed by atoms with Gasteiger partial charge in [0.1, 0.15) is 39.6 Å². The van der Waals surface area contributed by atoms with Crippen LogP contribution in [-0.4, -0.2) is 172 Å². The molecular formula is C49H54I6N6O24. The number of nitrogens with one attached hydrogen (secondary N) is 6. The lowest BCUT2D eigenvalue weighted by molar-refractivity contribution is -0.156. The second-order valence-corrected chi connectivity index (χ2v) is 23.6. The van der Waals surface area contributed by atoms with E-state index in [9.17, 15) is 71.9 Å². The number of rotatable bonds is 29. The molecule has 0 bridgehead atoms. The Morgan fingerprint density at radius 3 is 0.824 bits per heavy atom.